The predicted octanol–water partition coefficient (Wildman–Crippen LogP) is 20.2. The monoisotopic (exact) mass is 847 g/mol. The zero-order chi connectivity index (χ0) is 43.5. The average Bonchev–Trinajstić information content (AvgIpc) is 3.25. The molecule has 0 saturated carbocycles. The standard InChI is InChI=1S/C56H110O4/c1-4-7-10-13-16-18-20-21-22-26-29-33-37-42-47-52-55(57)59-60-56(58)53-48-43-38-34-30-27-24-23-25-28-32-36-41-46-51-54(49-44-39-15-12-9-6-3)50-45-40-35-31-19-17-14-11-8-5-2/h54H,4-53H2,1-3H3. The molecule has 0 aliphatic rings. The number of hydrogen-bond donors (Lipinski definition) is 0. The van der Waals surface area contributed by atoms with Gasteiger partial charge in [-0.25, -0.2) is 19.4 Å². The van der Waals surface area contributed by atoms with Gasteiger partial charge in [-0.1, -0.05) is 316 Å². The van der Waals surface area contributed by atoms with Gasteiger partial charge in [-0.2, -0.15) is 0 Å². The van der Waals surface area contributed by atoms with Crippen molar-refractivity contribution in [3.05, 3.63) is 0 Å². The number of hydrogen-bond acceptors (Lipinski definition) is 4. The van der Waals surface area contributed by atoms with E-state index in [-0.39, 0.29) is 0 Å². The predicted molar refractivity (Wildman–Crippen MR) is 264 cm³/mol. The topological polar surface area (TPSA) is 52.6 Å². The second-order valence-electron chi connectivity index (χ2n) is 19.5. The molecule has 0 saturated heterocycles. The fourth-order valence-corrected chi connectivity index (χ4v) is 9.21. The lowest BCUT2D eigenvalue weighted by atomic mass is 9.89. The van der Waals surface area contributed by atoms with Crippen molar-refractivity contribution in [1.82, 2.24) is 0 Å². The summed E-state index contributed by atoms with van der Waals surface area (Å²) in [6.07, 6.45) is 66.1. The number of unbranched alkanes of at least 4 members (excludes halogenated alkanes) is 41. The summed E-state index contributed by atoms with van der Waals surface area (Å²) in [5.74, 6) is 0.175. The molecule has 0 heterocycles. The van der Waals surface area contributed by atoms with Gasteiger partial charge < -0.3 is 0 Å². The fraction of sp³-hybridized carbons (Fsp3) is 0.964. The summed E-state index contributed by atoms with van der Waals surface area (Å²) in [5, 5.41) is 0. The van der Waals surface area contributed by atoms with Gasteiger partial charge in [0.05, 0.1) is 12.8 Å². The molecule has 0 amide bonds. The Morgan fingerprint density at radius 3 is 0.617 bits per heavy atom. The van der Waals surface area contributed by atoms with Gasteiger partial charge in [0.2, 0.25) is 0 Å². The van der Waals surface area contributed by atoms with Crippen LogP contribution in [0.3, 0.4) is 0 Å². The Bertz CT molecular complexity index is 826. The Morgan fingerprint density at radius 1 is 0.250 bits per heavy atom. The molecular formula is C56H110O4. The summed E-state index contributed by atoms with van der Waals surface area (Å²) in [7, 11) is 0. The van der Waals surface area contributed by atoms with Crippen molar-refractivity contribution in [1.29, 1.82) is 0 Å². The van der Waals surface area contributed by atoms with Crippen LogP contribution in [0.25, 0.3) is 0 Å². The Hall–Kier alpha value is -1.06. The SMILES string of the molecule is CCCCCCCCCCCCCCCCCC(=O)OOC(=O)CCCCCCCCCCCCCCCCC(CCCCCCCC)CCCCCCCCCCCC. The molecule has 358 valence electrons. The molecule has 0 aliphatic heterocycles. The fourth-order valence-electron chi connectivity index (χ4n) is 9.21. The van der Waals surface area contributed by atoms with Crippen molar-refractivity contribution in [2.24, 2.45) is 5.92 Å². The van der Waals surface area contributed by atoms with Crippen LogP contribution in [0.2, 0.25) is 0 Å². The Morgan fingerprint density at radius 2 is 0.417 bits per heavy atom. The van der Waals surface area contributed by atoms with Crippen molar-refractivity contribution in [3.63, 3.8) is 0 Å². The maximum atomic E-state index is 12.0. The van der Waals surface area contributed by atoms with E-state index in [2.05, 4.69) is 20.8 Å². The van der Waals surface area contributed by atoms with Crippen LogP contribution >= 0.6 is 0 Å². The first-order valence-electron chi connectivity index (χ1n) is 28.0. The quantitative estimate of drug-likeness (QED) is 0.0348. The lowest BCUT2D eigenvalue weighted by molar-refractivity contribution is -0.259. The second-order valence-corrected chi connectivity index (χ2v) is 19.5. The van der Waals surface area contributed by atoms with Gasteiger partial charge in [0.1, 0.15) is 0 Å². The van der Waals surface area contributed by atoms with Gasteiger partial charge >= 0.3 is 11.9 Å². The number of carbonyl (C=O) groups is 2. The highest BCUT2D eigenvalue weighted by atomic mass is 17.2. The molecule has 0 aromatic carbocycles. The van der Waals surface area contributed by atoms with E-state index in [1.807, 2.05) is 0 Å². The van der Waals surface area contributed by atoms with E-state index < -0.39 is 11.9 Å². The van der Waals surface area contributed by atoms with Crippen molar-refractivity contribution in [2.45, 2.75) is 342 Å². The van der Waals surface area contributed by atoms with Gasteiger partial charge in [0, 0.05) is 0 Å². The van der Waals surface area contributed by atoms with Crippen LogP contribution in [0.15, 0.2) is 0 Å². The third-order valence-electron chi connectivity index (χ3n) is 13.4. The van der Waals surface area contributed by atoms with Gasteiger partial charge in [-0.05, 0) is 18.8 Å². The van der Waals surface area contributed by atoms with Crippen LogP contribution < -0.4 is 0 Å². The molecule has 0 bridgehead atoms. The highest BCUT2D eigenvalue weighted by Gasteiger charge is 2.11. The lowest BCUT2D eigenvalue weighted by Gasteiger charge is -2.17. The molecule has 0 N–H and O–H groups in total. The summed E-state index contributed by atoms with van der Waals surface area (Å²) in [6.45, 7) is 6.91. The Labute approximate surface area is 377 Å². The summed E-state index contributed by atoms with van der Waals surface area (Å²) in [6, 6.07) is 0. The zero-order valence-electron chi connectivity index (χ0n) is 41.6. The highest BCUT2D eigenvalue weighted by molar-refractivity contribution is 5.72. The van der Waals surface area contributed by atoms with Crippen LogP contribution in [0.5, 0.6) is 0 Å². The third kappa shape index (κ3) is 49.6. The minimum Gasteiger partial charge on any atom is -0.247 e. The highest BCUT2D eigenvalue weighted by Crippen LogP contribution is 2.25. The zero-order valence-corrected chi connectivity index (χ0v) is 41.6. The molecule has 60 heavy (non-hydrogen) atoms. The third-order valence-corrected chi connectivity index (χ3v) is 13.4. The van der Waals surface area contributed by atoms with Crippen molar-refractivity contribution >= 4 is 11.9 Å². The van der Waals surface area contributed by atoms with Gasteiger partial charge in [0.15, 0.2) is 0 Å². The minimum absolute atomic E-state index is 0.338. The molecule has 4 nitrogen and oxygen atoms in total. The normalized spacial score (nSPS) is 12.0. The summed E-state index contributed by atoms with van der Waals surface area (Å²) in [5.41, 5.74) is 0. The molecule has 0 radical (unpaired) electrons. The Balaban J connectivity index is 3.59. The molecule has 0 aromatic heterocycles. The maximum Gasteiger partial charge on any atom is 0.355 e. The Kier molecular flexibility index (Phi) is 51.4. The number of carbonyl (C=O) groups excluding carboxylic acids is 2. The lowest BCUT2D eigenvalue weighted by Crippen LogP contribution is -2.11. The van der Waals surface area contributed by atoms with E-state index >= 15 is 0 Å². The molecular weight excluding hydrogens is 737 g/mol. The van der Waals surface area contributed by atoms with E-state index in [1.54, 1.807) is 0 Å². The van der Waals surface area contributed by atoms with E-state index in [1.165, 1.54) is 283 Å². The molecule has 0 rings (SSSR count). The van der Waals surface area contributed by atoms with Crippen LogP contribution in [-0.2, 0) is 19.4 Å². The van der Waals surface area contributed by atoms with Gasteiger partial charge in [0.25, 0.3) is 0 Å². The van der Waals surface area contributed by atoms with E-state index in [0.717, 1.165) is 31.6 Å². The van der Waals surface area contributed by atoms with Crippen LogP contribution in [-0.4, -0.2) is 11.9 Å². The van der Waals surface area contributed by atoms with Crippen molar-refractivity contribution < 1.29 is 19.4 Å². The minimum atomic E-state index is -0.412. The van der Waals surface area contributed by atoms with E-state index in [9.17, 15) is 9.59 Å². The molecule has 4 heteroatoms. The molecule has 1 unspecified atom stereocenters. The summed E-state index contributed by atoms with van der Waals surface area (Å²) < 4.78 is 0. The molecule has 0 aromatic rings. The van der Waals surface area contributed by atoms with E-state index in [4.69, 9.17) is 9.78 Å². The molecule has 0 spiro atoms. The van der Waals surface area contributed by atoms with Gasteiger partial charge in [-0.3, -0.25) is 0 Å². The average molecular weight is 847 g/mol. The second kappa shape index (κ2) is 52.3. The number of rotatable bonds is 51. The summed E-state index contributed by atoms with van der Waals surface area (Å²) >= 11 is 0. The first-order chi connectivity index (χ1) is 29.6. The molecule has 1 atom stereocenters. The first kappa shape index (κ1) is 58.9. The maximum absolute atomic E-state index is 12.0. The van der Waals surface area contributed by atoms with Crippen LogP contribution in [0, 0.1) is 5.92 Å². The van der Waals surface area contributed by atoms with Crippen LogP contribution in [0.1, 0.15) is 342 Å². The van der Waals surface area contributed by atoms with E-state index in [0.29, 0.717) is 12.8 Å². The first-order valence-corrected chi connectivity index (χ1v) is 28.0. The van der Waals surface area contributed by atoms with Gasteiger partial charge in [-0.15, -0.1) is 0 Å². The molecule has 0 aliphatic carbocycles. The summed E-state index contributed by atoms with van der Waals surface area (Å²) in [4.78, 5) is 33.5. The van der Waals surface area contributed by atoms with Crippen LogP contribution in [0.4, 0.5) is 0 Å². The smallest absolute Gasteiger partial charge is 0.247 e. The van der Waals surface area contributed by atoms with Crippen molar-refractivity contribution in [2.75, 3.05) is 0 Å². The molecule has 0 fully saturated rings. The largest absolute Gasteiger partial charge is 0.355 e. The van der Waals surface area contributed by atoms with Crippen molar-refractivity contribution in [3.8, 4) is 0 Å².